The van der Waals surface area contributed by atoms with Gasteiger partial charge < -0.3 is 0 Å². The molecule has 0 saturated heterocycles. The van der Waals surface area contributed by atoms with Gasteiger partial charge in [0.2, 0.25) is 0 Å². The minimum atomic E-state index is -0.0614. The highest BCUT2D eigenvalue weighted by Gasteiger charge is 2.18. The smallest absolute Gasteiger partial charge is 0.149 e. The summed E-state index contributed by atoms with van der Waals surface area (Å²) in [6.07, 6.45) is 0.777. The Bertz CT molecular complexity index is 362. The molecule has 88 valence electrons. The second-order valence-corrected chi connectivity index (χ2v) is 5.83. The maximum atomic E-state index is 11.8. The van der Waals surface area contributed by atoms with Crippen LogP contribution < -0.4 is 0 Å². The second-order valence-electron chi connectivity index (χ2n) is 4.72. The summed E-state index contributed by atoms with van der Waals surface area (Å²) >= 11 is 3.48. The van der Waals surface area contributed by atoms with Gasteiger partial charge in [-0.2, -0.15) is 0 Å². The second kappa shape index (κ2) is 5.62. The highest BCUT2D eigenvalue weighted by Crippen LogP contribution is 2.17. The summed E-state index contributed by atoms with van der Waals surface area (Å²) in [6, 6.07) is 6.45. The van der Waals surface area contributed by atoms with Gasteiger partial charge in [0, 0.05) is 5.92 Å². The predicted octanol–water partition coefficient (Wildman–Crippen LogP) is 3.83. The number of carbonyl (C=O) groups is 1. The zero-order valence-corrected chi connectivity index (χ0v) is 12.0. The van der Waals surface area contributed by atoms with Crippen molar-refractivity contribution in [1.82, 2.24) is 0 Å². The fraction of sp³-hybridized carbons (Fsp3) is 0.500. The first-order chi connectivity index (χ1) is 7.40. The molecule has 0 bridgehead atoms. The van der Waals surface area contributed by atoms with Gasteiger partial charge in [-0.15, -0.1) is 0 Å². The highest BCUT2D eigenvalue weighted by atomic mass is 79.9. The number of aryl methyl sites for hydroxylation is 2. The van der Waals surface area contributed by atoms with Crippen molar-refractivity contribution >= 4 is 21.7 Å². The van der Waals surface area contributed by atoms with E-state index in [1.807, 2.05) is 13.8 Å². The lowest BCUT2D eigenvalue weighted by atomic mass is 9.98. The molecule has 0 aliphatic heterocycles. The number of hydrogen-bond donors (Lipinski definition) is 0. The van der Waals surface area contributed by atoms with Crippen LogP contribution >= 0.6 is 15.9 Å². The standard InChI is InChI=1S/C14H19BrO/c1-9(2)14(16)13(15)8-12-6-10(3)5-11(4)7-12/h5-7,9,13H,8H2,1-4H3. The Kier molecular flexibility index (Phi) is 4.72. The van der Waals surface area contributed by atoms with Crippen LogP contribution in [0.25, 0.3) is 0 Å². The first-order valence-corrected chi connectivity index (χ1v) is 6.56. The van der Waals surface area contributed by atoms with Crippen LogP contribution in [0.3, 0.4) is 0 Å². The predicted molar refractivity (Wildman–Crippen MR) is 72.2 cm³/mol. The van der Waals surface area contributed by atoms with Gasteiger partial charge in [0.15, 0.2) is 0 Å². The summed E-state index contributed by atoms with van der Waals surface area (Å²) in [5.74, 6) is 0.370. The summed E-state index contributed by atoms with van der Waals surface area (Å²) in [7, 11) is 0. The quantitative estimate of drug-likeness (QED) is 0.767. The van der Waals surface area contributed by atoms with Crippen molar-refractivity contribution in [3.8, 4) is 0 Å². The van der Waals surface area contributed by atoms with Gasteiger partial charge >= 0.3 is 0 Å². The topological polar surface area (TPSA) is 17.1 Å². The number of ketones is 1. The van der Waals surface area contributed by atoms with Gasteiger partial charge in [-0.05, 0) is 25.8 Å². The van der Waals surface area contributed by atoms with Crippen molar-refractivity contribution in [2.45, 2.75) is 38.9 Å². The van der Waals surface area contributed by atoms with Crippen molar-refractivity contribution in [2.75, 3.05) is 0 Å². The summed E-state index contributed by atoms with van der Waals surface area (Å²) in [5, 5.41) is 0. The van der Waals surface area contributed by atoms with E-state index in [2.05, 4.69) is 48.0 Å². The van der Waals surface area contributed by atoms with Crippen LogP contribution in [0.2, 0.25) is 0 Å². The fourth-order valence-corrected chi connectivity index (χ4v) is 2.76. The first-order valence-electron chi connectivity index (χ1n) is 5.65. The van der Waals surface area contributed by atoms with E-state index in [1.54, 1.807) is 0 Å². The molecule has 0 aliphatic carbocycles. The van der Waals surface area contributed by atoms with Crippen molar-refractivity contribution < 1.29 is 4.79 Å². The molecule has 1 atom stereocenters. The van der Waals surface area contributed by atoms with Gasteiger partial charge in [0.05, 0.1) is 4.83 Å². The Labute approximate surface area is 106 Å². The molecule has 0 spiro atoms. The van der Waals surface area contributed by atoms with E-state index in [1.165, 1.54) is 16.7 Å². The maximum absolute atomic E-state index is 11.8. The lowest BCUT2D eigenvalue weighted by molar-refractivity contribution is -0.121. The average molecular weight is 283 g/mol. The maximum Gasteiger partial charge on any atom is 0.149 e. The van der Waals surface area contributed by atoms with Crippen LogP contribution in [0.1, 0.15) is 30.5 Å². The van der Waals surface area contributed by atoms with E-state index in [0.717, 1.165) is 6.42 Å². The van der Waals surface area contributed by atoms with Gasteiger partial charge in [-0.1, -0.05) is 59.1 Å². The van der Waals surface area contributed by atoms with Gasteiger partial charge in [0.25, 0.3) is 0 Å². The number of alkyl halides is 1. The first kappa shape index (κ1) is 13.4. The van der Waals surface area contributed by atoms with Gasteiger partial charge in [0.1, 0.15) is 5.78 Å². The van der Waals surface area contributed by atoms with E-state index in [4.69, 9.17) is 0 Å². The molecule has 1 rings (SSSR count). The van der Waals surface area contributed by atoms with Crippen LogP contribution in [-0.2, 0) is 11.2 Å². The average Bonchev–Trinajstić information content (AvgIpc) is 2.14. The molecule has 1 unspecified atom stereocenters. The number of carbonyl (C=O) groups excluding carboxylic acids is 1. The molecule has 0 saturated carbocycles. The van der Waals surface area contributed by atoms with Crippen molar-refractivity contribution in [2.24, 2.45) is 5.92 Å². The Balaban J connectivity index is 2.76. The Hall–Kier alpha value is -0.630. The van der Waals surface area contributed by atoms with Crippen molar-refractivity contribution in [3.63, 3.8) is 0 Å². The molecule has 1 aromatic rings. The minimum absolute atomic E-state index is 0.0614. The largest absolute Gasteiger partial charge is 0.298 e. The lowest BCUT2D eigenvalue weighted by Crippen LogP contribution is -2.21. The highest BCUT2D eigenvalue weighted by molar-refractivity contribution is 9.10. The molecule has 0 N–H and O–H groups in total. The molecule has 0 amide bonds. The normalized spacial score (nSPS) is 12.9. The van der Waals surface area contributed by atoms with Crippen molar-refractivity contribution in [1.29, 1.82) is 0 Å². The third-order valence-corrected chi connectivity index (χ3v) is 3.35. The molecule has 1 aromatic carbocycles. The summed E-state index contributed by atoms with van der Waals surface area (Å²) < 4.78 is 0. The monoisotopic (exact) mass is 282 g/mol. The van der Waals surface area contributed by atoms with E-state index >= 15 is 0 Å². The third kappa shape index (κ3) is 3.75. The lowest BCUT2D eigenvalue weighted by Gasteiger charge is -2.12. The molecule has 0 aliphatic rings. The van der Waals surface area contributed by atoms with Crippen LogP contribution in [0.5, 0.6) is 0 Å². The zero-order chi connectivity index (χ0) is 12.3. The summed E-state index contributed by atoms with van der Waals surface area (Å²) in [6.45, 7) is 8.06. The van der Waals surface area contributed by atoms with E-state index < -0.39 is 0 Å². The van der Waals surface area contributed by atoms with E-state index in [0.29, 0.717) is 0 Å². The van der Waals surface area contributed by atoms with Crippen LogP contribution in [0.4, 0.5) is 0 Å². The Morgan fingerprint density at radius 1 is 1.19 bits per heavy atom. The molecule has 0 radical (unpaired) electrons. The SMILES string of the molecule is Cc1cc(C)cc(CC(Br)C(=O)C(C)C)c1. The third-order valence-electron chi connectivity index (χ3n) is 2.57. The molecule has 0 aromatic heterocycles. The summed E-state index contributed by atoms with van der Waals surface area (Å²) in [4.78, 5) is 11.7. The van der Waals surface area contributed by atoms with Gasteiger partial charge in [-0.25, -0.2) is 0 Å². The molecule has 16 heavy (non-hydrogen) atoms. The van der Waals surface area contributed by atoms with Crippen LogP contribution in [-0.4, -0.2) is 10.6 Å². The zero-order valence-electron chi connectivity index (χ0n) is 10.4. The minimum Gasteiger partial charge on any atom is -0.298 e. The van der Waals surface area contributed by atoms with Crippen LogP contribution in [0, 0.1) is 19.8 Å². The number of rotatable bonds is 4. The molecule has 0 heterocycles. The Morgan fingerprint density at radius 3 is 2.12 bits per heavy atom. The molecular weight excluding hydrogens is 264 g/mol. The van der Waals surface area contributed by atoms with Gasteiger partial charge in [-0.3, -0.25) is 4.79 Å². The van der Waals surface area contributed by atoms with Crippen molar-refractivity contribution in [3.05, 3.63) is 34.9 Å². The molecule has 0 fully saturated rings. The van der Waals surface area contributed by atoms with E-state index in [-0.39, 0.29) is 16.5 Å². The number of Topliss-reactive ketones (excluding diaryl/α,β-unsaturated/α-hetero) is 1. The summed E-state index contributed by atoms with van der Waals surface area (Å²) in [5.41, 5.74) is 3.74. The number of benzene rings is 1. The molecule has 1 nitrogen and oxygen atoms in total. The molecular formula is C14H19BrO. The number of hydrogen-bond acceptors (Lipinski definition) is 1. The fourth-order valence-electron chi connectivity index (χ4n) is 1.86. The molecule has 2 heteroatoms. The number of halogens is 1. The van der Waals surface area contributed by atoms with Crippen LogP contribution in [0.15, 0.2) is 18.2 Å². The Morgan fingerprint density at radius 2 is 1.69 bits per heavy atom. The van der Waals surface area contributed by atoms with E-state index in [9.17, 15) is 4.79 Å².